The lowest BCUT2D eigenvalue weighted by atomic mass is 9.86. The van der Waals surface area contributed by atoms with Crippen LogP contribution in [0, 0.1) is 16.0 Å². The van der Waals surface area contributed by atoms with Gasteiger partial charge in [-0.25, -0.2) is 4.79 Å². The average Bonchev–Trinajstić information content (AvgIpc) is 3.02. The summed E-state index contributed by atoms with van der Waals surface area (Å²) in [6.45, 7) is 1.74. The monoisotopic (exact) mass is 336 g/mol. The Balaban J connectivity index is 1.74. The number of carbonyl (C=O) groups is 2. The van der Waals surface area contributed by atoms with Crippen LogP contribution in [0.25, 0.3) is 6.08 Å². The third-order valence-electron chi connectivity index (χ3n) is 3.98. The van der Waals surface area contributed by atoms with Gasteiger partial charge in [0.05, 0.1) is 6.07 Å². The second-order valence-corrected chi connectivity index (χ2v) is 5.81. The highest BCUT2D eigenvalue weighted by atomic mass is 16.6. The van der Waals surface area contributed by atoms with Gasteiger partial charge in [0.15, 0.2) is 6.61 Å². The molecule has 1 fully saturated rings. The van der Waals surface area contributed by atoms with Crippen LogP contribution in [0.1, 0.15) is 38.4 Å². The Morgan fingerprint density at radius 3 is 2.83 bits per heavy atom. The van der Waals surface area contributed by atoms with E-state index in [0.29, 0.717) is 5.92 Å². The number of nitrogens with one attached hydrogen (secondary N) is 1. The largest absolute Gasteiger partial charge is 0.452 e. The van der Waals surface area contributed by atoms with Crippen molar-refractivity contribution in [2.45, 2.75) is 38.6 Å². The summed E-state index contributed by atoms with van der Waals surface area (Å²) in [5, 5.41) is 13.3. The SMILES string of the molecule is C[C@H]1CCCC[C@H]1NC(=O)COC(=O)/C=C/c1ccc([N+](=O)[O-])o1. The van der Waals surface area contributed by atoms with Crippen molar-refractivity contribution in [3.8, 4) is 0 Å². The first-order chi connectivity index (χ1) is 11.5. The van der Waals surface area contributed by atoms with E-state index in [4.69, 9.17) is 9.15 Å². The van der Waals surface area contributed by atoms with Crippen molar-refractivity contribution in [3.63, 3.8) is 0 Å². The minimum atomic E-state index is -0.721. The predicted octanol–water partition coefficient (Wildman–Crippen LogP) is 2.44. The van der Waals surface area contributed by atoms with Gasteiger partial charge in [0.25, 0.3) is 5.91 Å². The Kier molecular flexibility index (Phi) is 6.11. The van der Waals surface area contributed by atoms with Crippen molar-refractivity contribution in [2.24, 2.45) is 5.92 Å². The molecule has 24 heavy (non-hydrogen) atoms. The van der Waals surface area contributed by atoms with E-state index >= 15 is 0 Å². The lowest BCUT2D eigenvalue weighted by Crippen LogP contribution is -2.42. The first kappa shape index (κ1) is 17.7. The summed E-state index contributed by atoms with van der Waals surface area (Å²) in [5.74, 6) is -0.888. The zero-order valence-corrected chi connectivity index (χ0v) is 13.4. The molecule has 2 rings (SSSR count). The molecule has 1 aliphatic rings. The molecule has 0 aromatic carbocycles. The standard InChI is InChI=1S/C16H20N2O6/c1-11-4-2-3-5-13(11)17-14(19)10-23-16(20)9-7-12-6-8-15(24-12)18(21)22/h6-9,11,13H,2-5,10H2,1H3,(H,17,19)/b9-7+/t11-,13+/m0/s1. The Morgan fingerprint density at radius 2 is 2.17 bits per heavy atom. The van der Waals surface area contributed by atoms with Crippen LogP contribution in [-0.4, -0.2) is 29.4 Å². The second kappa shape index (κ2) is 8.28. The fraction of sp³-hybridized carbons (Fsp3) is 0.500. The van der Waals surface area contributed by atoms with Gasteiger partial charge in [0, 0.05) is 12.1 Å². The number of nitrogens with zero attached hydrogens (tertiary/aromatic N) is 1. The van der Waals surface area contributed by atoms with Gasteiger partial charge in [-0.15, -0.1) is 0 Å². The maximum atomic E-state index is 11.8. The van der Waals surface area contributed by atoms with E-state index in [1.165, 1.54) is 24.6 Å². The molecule has 0 aliphatic heterocycles. The summed E-state index contributed by atoms with van der Waals surface area (Å²) in [7, 11) is 0. The number of nitro groups is 1. The van der Waals surface area contributed by atoms with Crippen LogP contribution in [0.4, 0.5) is 5.88 Å². The molecule has 1 amide bonds. The van der Waals surface area contributed by atoms with Crippen LogP contribution in [0.3, 0.4) is 0 Å². The van der Waals surface area contributed by atoms with Crippen LogP contribution in [0.2, 0.25) is 0 Å². The van der Waals surface area contributed by atoms with Gasteiger partial charge in [-0.2, -0.15) is 0 Å². The number of carbonyl (C=O) groups excluding carboxylic acids is 2. The number of esters is 1. The topological polar surface area (TPSA) is 112 Å². The zero-order valence-electron chi connectivity index (χ0n) is 13.4. The summed E-state index contributed by atoms with van der Waals surface area (Å²) in [5.41, 5.74) is 0. The molecular weight excluding hydrogens is 316 g/mol. The molecule has 1 aromatic rings. The van der Waals surface area contributed by atoms with Gasteiger partial charge in [-0.1, -0.05) is 19.8 Å². The summed E-state index contributed by atoms with van der Waals surface area (Å²) in [4.78, 5) is 33.2. The number of hydrogen-bond donors (Lipinski definition) is 1. The van der Waals surface area contributed by atoms with Gasteiger partial charge in [0.1, 0.15) is 10.7 Å². The molecule has 1 aliphatic carbocycles. The van der Waals surface area contributed by atoms with E-state index in [1.807, 2.05) is 0 Å². The Bertz CT molecular complexity index is 636. The summed E-state index contributed by atoms with van der Waals surface area (Å²) < 4.78 is 9.70. The normalized spacial score (nSPS) is 20.7. The number of ether oxygens (including phenoxy) is 1. The van der Waals surface area contributed by atoms with Crippen LogP contribution in [0.5, 0.6) is 0 Å². The molecule has 2 atom stereocenters. The van der Waals surface area contributed by atoms with Crippen molar-refractivity contribution in [1.29, 1.82) is 0 Å². The first-order valence-corrected chi connectivity index (χ1v) is 7.84. The Labute approximate surface area is 139 Å². The molecule has 0 unspecified atom stereocenters. The van der Waals surface area contributed by atoms with Crippen molar-refractivity contribution in [1.82, 2.24) is 5.32 Å². The molecule has 8 heteroatoms. The number of hydrogen-bond acceptors (Lipinski definition) is 6. The molecular formula is C16H20N2O6. The van der Waals surface area contributed by atoms with E-state index in [1.54, 1.807) is 0 Å². The maximum Gasteiger partial charge on any atom is 0.433 e. The van der Waals surface area contributed by atoms with E-state index in [2.05, 4.69) is 12.2 Å². The number of rotatable bonds is 6. The van der Waals surface area contributed by atoms with Gasteiger partial charge >= 0.3 is 11.9 Å². The van der Waals surface area contributed by atoms with Crippen molar-refractivity contribution < 1.29 is 23.7 Å². The summed E-state index contributed by atoms with van der Waals surface area (Å²) in [6, 6.07) is 2.67. The van der Waals surface area contributed by atoms with Gasteiger partial charge < -0.3 is 14.5 Å². The van der Waals surface area contributed by atoms with Crippen LogP contribution >= 0.6 is 0 Å². The molecule has 0 saturated heterocycles. The maximum absolute atomic E-state index is 11.8. The molecule has 0 radical (unpaired) electrons. The number of amides is 1. The fourth-order valence-corrected chi connectivity index (χ4v) is 2.64. The van der Waals surface area contributed by atoms with E-state index in [-0.39, 0.29) is 24.3 Å². The van der Waals surface area contributed by atoms with E-state index < -0.39 is 16.8 Å². The summed E-state index contributed by atoms with van der Waals surface area (Å²) >= 11 is 0. The van der Waals surface area contributed by atoms with Gasteiger partial charge in [-0.3, -0.25) is 14.9 Å². The molecule has 1 saturated carbocycles. The molecule has 0 spiro atoms. The van der Waals surface area contributed by atoms with Crippen molar-refractivity contribution in [2.75, 3.05) is 6.61 Å². The lowest BCUT2D eigenvalue weighted by Gasteiger charge is -2.29. The Morgan fingerprint density at radius 1 is 1.42 bits per heavy atom. The van der Waals surface area contributed by atoms with Crippen molar-refractivity contribution >= 4 is 23.8 Å². The zero-order chi connectivity index (χ0) is 17.5. The summed E-state index contributed by atoms with van der Waals surface area (Å²) in [6.07, 6.45) is 6.60. The molecule has 130 valence electrons. The van der Waals surface area contributed by atoms with Gasteiger partial charge in [-0.05, 0) is 30.9 Å². The minimum absolute atomic E-state index is 0.129. The molecule has 0 bridgehead atoms. The van der Waals surface area contributed by atoms with Crippen LogP contribution in [0.15, 0.2) is 22.6 Å². The molecule has 1 N–H and O–H groups in total. The smallest absolute Gasteiger partial charge is 0.433 e. The fourth-order valence-electron chi connectivity index (χ4n) is 2.64. The third kappa shape index (κ3) is 5.22. The van der Waals surface area contributed by atoms with Crippen LogP contribution in [-0.2, 0) is 14.3 Å². The highest BCUT2D eigenvalue weighted by Gasteiger charge is 2.22. The molecule has 8 nitrogen and oxygen atoms in total. The highest BCUT2D eigenvalue weighted by molar-refractivity contribution is 5.89. The highest BCUT2D eigenvalue weighted by Crippen LogP contribution is 2.23. The number of furan rings is 1. The van der Waals surface area contributed by atoms with Gasteiger partial charge in [0.2, 0.25) is 0 Å². The molecule has 1 aromatic heterocycles. The molecule has 1 heterocycles. The lowest BCUT2D eigenvalue weighted by molar-refractivity contribution is -0.402. The average molecular weight is 336 g/mol. The first-order valence-electron chi connectivity index (χ1n) is 7.84. The van der Waals surface area contributed by atoms with E-state index in [0.717, 1.165) is 25.3 Å². The predicted molar refractivity (Wildman–Crippen MR) is 84.9 cm³/mol. The Hall–Kier alpha value is -2.64. The van der Waals surface area contributed by atoms with E-state index in [9.17, 15) is 19.7 Å². The minimum Gasteiger partial charge on any atom is -0.452 e. The third-order valence-corrected chi connectivity index (χ3v) is 3.98. The van der Waals surface area contributed by atoms with Crippen molar-refractivity contribution in [3.05, 3.63) is 34.1 Å². The quantitative estimate of drug-likeness (QED) is 0.369. The second-order valence-electron chi connectivity index (χ2n) is 5.81. The van der Waals surface area contributed by atoms with Crippen LogP contribution < -0.4 is 5.32 Å².